The minimum absolute atomic E-state index is 0. The van der Waals surface area contributed by atoms with Crippen LogP contribution < -0.4 is 15.4 Å². The van der Waals surface area contributed by atoms with E-state index in [1.807, 2.05) is 45.0 Å². The highest BCUT2D eigenvalue weighted by Crippen LogP contribution is 2.13. The molecule has 0 saturated carbocycles. The van der Waals surface area contributed by atoms with Crippen LogP contribution in [0.25, 0.3) is 0 Å². The lowest BCUT2D eigenvalue weighted by molar-refractivity contribution is -0.0180. The Labute approximate surface area is 192 Å². The fourth-order valence-corrected chi connectivity index (χ4v) is 3.01. The molecule has 29 heavy (non-hydrogen) atoms. The first kappa shape index (κ1) is 25.9. The summed E-state index contributed by atoms with van der Waals surface area (Å²) in [5, 5.41) is 17.2. The summed E-state index contributed by atoms with van der Waals surface area (Å²) < 4.78 is 11.3. The second kappa shape index (κ2) is 13.3. The van der Waals surface area contributed by atoms with Crippen LogP contribution in [0.4, 0.5) is 0 Å². The van der Waals surface area contributed by atoms with Crippen molar-refractivity contribution in [3.05, 3.63) is 29.8 Å². The number of aliphatic imine (C=N–C) groups is 1. The molecule has 1 aliphatic rings. The van der Waals surface area contributed by atoms with Gasteiger partial charge in [-0.05, 0) is 39.8 Å². The van der Waals surface area contributed by atoms with Gasteiger partial charge in [-0.2, -0.15) is 0 Å². The van der Waals surface area contributed by atoms with Crippen LogP contribution in [0, 0.1) is 6.92 Å². The minimum atomic E-state index is -0.885. The first-order chi connectivity index (χ1) is 13.4. The Bertz CT molecular complexity index is 604. The molecule has 166 valence electrons. The van der Waals surface area contributed by atoms with E-state index in [1.165, 1.54) is 5.56 Å². The number of benzene rings is 1. The number of aryl methyl sites for hydroxylation is 1. The molecule has 1 heterocycles. The van der Waals surface area contributed by atoms with Crippen LogP contribution in [-0.2, 0) is 4.74 Å². The van der Waals surface area contributed by atoms with Crippen molar-refractivity contribution in [2.45, 2.75) is 39.4 Å². The molecular formula is C21H37IN4O3. The largest absolute Gasteiger partial charge is 0.489 e. The van der Waals surface area contributed by atoms with Gasteiger partial charge >= 0.3 is 0 Å². The van der Waals surface area contributed by atoms with Gasteiger partial charge in [0.05, 0.1) is 31.9 Å². The molecule has 0 aromatic heterocycles. The number of ether oxygens (including phenoxy) is 2. The molecule has 2 unspecified atom stereocenters. The highest BCUT2D eigenvalue weighted by atomic mass is 127. The number of rotatable bonds is 9. The second-order valence-electron chi connectivity index (χ2n) is 7.70. The maximum atomic E-state index is 10.7. The summed E-state index contributed by atoms with van der Waals surface area (Å²) in [7, 11) is 0. The summed E-state index contributed by atoms with van der Waals surface area (Å²) in [6, 6.07) is 8.04. The summed E-state index contributed by atoms with van der Waals surface area (Å²) in [5.74, 6) is 1.54. The SMILES string of the molecule is CCNC(=NCC(C)(O)CN1CCOCC1)NCC(C)Oc1ccc(C)cc1.I. The second-order valence-corrected chi connectivity index (χ2v) is 7.70. The molecule has 8 heteroatoms. The lowest BCUT2D eigenvalue weighted by atomic mass is 10.1. The third-order valence-corrected chi connectivity index (χ3v) is 4.51. The van der Waals surface area contributed by atoms with E-state index in [0.717, 1.165) is 38.6 Å². The number of aliphatic hydroxyl groups is 1. The summed E-state index contributed by atoms with van der Waals surface area (Å²) in [5.41, 5.74) is 0.327. The smallest absolute Gasteiger partial charge is 0.191 e. The van der Waals surface area contributed by atoms with E-state index < -0.39 is 5.60 Å². The van der Waals surface area contributed by atoms with Crippen LogP contribution in [0.1, 0.15) is 26.3 Å². The van der Waals surface area contributed by atoms with Crippen LogP contribution >= 0.6 is 24.0 Å². The molecule has 0 spiro atoms. The van der Waals surface area contributed by atoms with Gasteiger partial charge < -0.3 is 25.2 Å². The zero-order valence-corrected chi connectivity index (χ0v) is 20.4. The number of β-amino-alcohol motifs (C(OH)–C–C–N with tert-alkyl or cyclic N) is 1. The van der Waals surface area contributed by atoms with E-state index in [4.69, 9.17) is 9.47 Å². The number of hydrogen-bond acceptors (Lipinski definition) is 5. The number of nitrogens with one attached hydrogen (secondary N) is 2. The van der Waals surface area contributed by atoms with Crippen LogP contribution in [0.15, 0.2) is 29.3 Å². The van der Waals surface area contributed by atoms with Crippen LogP contribution in [0.3, 0.4) is 0 Å². The number of guanidine groups is 1. The van der Waals surface area contributed by atoms with Gasteiger partial charge in [0.1, 0.15) is 11.9 Å². The molecule has 0 bridgehead atoms. The van der Waals surface area contributed by atoms with Gasteiger partial charge in [0.25, 0.3) is 0 Å². The number of morpholine rings is 1. The first-order valence-corrected chi connectivity index (χ1v) is 10.2. The fourth-order valence-electron chi connectivity index (χ4n) is 3.01. The van der Waals surface area contributed by atoms with Crippen molar-refractivity contribution in [2.24, 2.45) is 4.99 Å². The van der Waals surface area contributed by atoms with Gasteiger partial charge in [-0.3, -0.25) is 9.89 Å². The van der Waals surface area contributed by atoms with Crippen molar-refractivity contribution in [1.82, 2.24) is 15.5 Å². The van der Waals surface area contributed by atoms with E-state index >= 15 is 0 Å². The maximum Gasteiger partial charge on any atom is 0.191 e. The Morgan fingerprint density at radius 2 is 1.93 bits per heavy atom. The minimum Gasteiger partial charge on any atom is -0.489 e. The van der Waals surface area contributed by atoms with E-state index in [2.05, 4.69) is 27.4 Å². The number of nitrogens with zero attached hydrogens (tertiary/aromatic N) is 2. The van der Waals surface area contributed by atoms with Gasteiger partial charge in [-0.1, -0.05) is 17.7 Å². The molecule has 1 saturated heterocycles. The molecule has 0 amide bonds. The third-order valence-electron chi connectivity index (χ3n) is 4.51. The standard InChI is InChI=1S/C21H36N4O3.HI/c1-5-22-20(23-14-18(3)28-19-8-6-17(2)7-9-19)24-15-21(4,26)16-25-10-12-27-13-11-25;/h6-9,18,26H,5,10-16H2,1-4H3,(H2,22,23,24);1H. The Kier molecular flexibility index (Phi) is 11.9. The van der Waals surface area contributed by atoms with Gasteiger partial charge in [-0.15, -0.1) is 24.0 Å². The van der Waals surface area contributed by atoms with Crippen molar-refractivity contribution in [1.29, 1.82) is 0 Å². The number of halogens is 1. The molecule has 1 aromatic carbocycles. The van der Waals surface area contributed by atoms with Crippen molar-refractivity contribution in [3.63, 3.8) is 0 Å². The van der Waals surface area contributed by atoms with Crippen molar-refractivity contribution < 1.29 is 14.6 Å². The summed E-state index contributed by atoms with van der Waals surface area (Å²) >= 11 is 0. The Balaban J connectivity index is 0.00000420. The summed E-state index contributed by atoms with van der Waals surface area (Å²) in [6.45, 7) is 13.4. The van der Waals surface area contributed by atoms with Crippen molar-refractivity contribution >= 4 is 29.9 Å². The molecule has 0 radical (unpaired) electrons. The van der Waals surface area contributed by atoms with Crippen LogP contribution in [0.2, 0.25) is 0 Å². The van der Waals surface area contributed by atoms with E-state index in [1.54, 1.807) is 0 Å². The predicted molar refractivity (Wildman–Crippen MR) is 129 cm³/mol. The van der Waals surface area contributed by atoms with E-state index in [0.29, 0.717) is 25.6 Å². The van der Waals surface area contributed by atoms with E-state index in [9.17, 15) is 5.11 Å². The molecule has 2 atom stereocenters. The Morgan fingerprint density at radius 3 is 2.55 bits per heavy atom. The molecule has 0 aliphatic carbocycles. The van der Waals surface area contributed by atoms with Gasteiger partial charge in [-0.25, -0.2) is 0 Å². The van der Waals surface area contributed by atoms with Gasteiger partial charge in [0, 0.05) is 26.2 Å². The van der Waals surface area contributed by atoms with Crippen molar-refractivity contribution in [3.8, 4) is 5.75 Å². The molecule has 3 N–H and O–H groups in total. The zero-order valence-electron chi connectivity index (χ0n) is 18.1. The lowest BCUT2D eigenvalue weighted by Crippen LogP contribution is -2.48. The van der Waals surface area contributed by atoms with Crippen molar-refractivity contribution in [2.75, 3.05) is 52.5 Å². The Hall–Kier alpha value is -1.10. The summed E-state index contributed by atoms with van der Waals surface area (Å²) in [4.78, 5) is 6.79. The maximum absolute atomic E-state index is 10.7. The quantitative estimate of drug-likeness (QED) is 0.263. The lowest BCUT2D eigenvalue weighted by Gasteiger charge is -2.33. The predicted octanol–water partition coefficient (Wildman–Crippen LogP) is 2.02. The molecular weight excluding hydrogens is 483 g/mol. The molecule has 1 aliphatic heterocycles. The highest BCUT2D eigenvalue weighted by molar-refractivity contribution is 14.0. The average Bonchev–Trinajstić information content (AvgIpc) is 2.66. The van der Waals surface area contributed by atoms with Crippen LogP contribution in [-0.4, -0.2) is 80.2 Å². The molecule has 7 nitrogen and oxygen atoms in total. The van der Waals surface area contributed by atoms with E-state index in [-0.39, 0.29) is 30.1 Å². The average molecular weight is 520 g/mol. The molecule has 2 rings (SSSR count). The molecule has 1 aromatic rings. The topological polar surface area (TPSA) is 78.4 Å². The molecule has 1 fully saturated rings. The Morgan fingerprint density at radius 1 is 1.28 bits per heavy atom. The van der Waals surface area contributed by atoms with Gasteiger partial charge in [0.2, 0.25) is 0 Å². The zero-order chi connectivity index (χ0) is 20.4. The third kappa shape index (κ3) is 10.5. The monoisotopic (exact) mass is 520 g/mol. The van der Waals surface area contributed by atoms with Crippen LogP contribution in [0.5, 0.6) is 5.75 Å². The first-order valence-electron chi connectivity index (χ1n) is 10.2. The fraction of sp³-hybridized carbons (Fsp3) is 0.667. The highest BCUT2D eigenvalue weighted by Gasteiger charge is 2.25. The number of hydrogen-bond donors (Lipinski definition) is 3. The summed E-state index contributed by atoms with van der Waals surface area (Å²) in [6.07, 6.45) is -0.0135. The van der Waals surface area contributed by atoms with Gasteiger partial charge in [0.15, 0.2) is 5.96 Å². The normalized spacial score (nSPS) is 18.3.